The molecule has 1 saturated heterocycles. The number of rotatable bonds is 5. The fourth-order valence-corrected chi connectivity index (χ4v) is 3.68. The summed E-state index contributed by atoms with van der Waals surface area (Å²) in [4.78, 5) is 19.2. The Bertz CT molecular complexity index is 637. The van der Waals surface area contributed by atoms with Gasteiger partial charge < -0.3 is 5.32 Å². The second-order valence-corrected chi connectivity index (χ2v) is 7.21. The van der Waals surface area contributed by atoms with Gasteiger partial charge >= 0.3 is 0 Å². The van der Waals surface area contributed by atoms with Crippen LogP contribution in [0.15, 0.2) is 35.2 Å². The molecule has 4 nitrogen and oxygen atoms in total. The minimum Gasteiger partial charge on any atom is -0.325 e. The summed E-state index contributed by atoms with van der Waals surface area (Å²) in [5.74, 6) is 0.699. The topological polar surface area (TPSA) is 45.2 Å². The third kappa shape index (κ3) is 3.98. The van der Waals surface area contributed by atoms with Gasteiger partial charge in [-0.3, -0.25) is 9.69 Å². The van der Waals surface area contributed by atoms with Crippen LogP contribution in [-0.4, -0.2) is 34.9 Å². The number of hydrogen-bond donors (Lipinski definition) is 1. The molecule has 0 radical (unpaired) electrons. The zero-order valence-corrected chi connectivity index (χ0v) is 14.5. The van der Waals surface area contributed by atoms with Crippen LogP contribution in [0.1, 0.15) is 26.7 Å². The van der Waals surface area contributed by atoms with Crippen LogP contribution in [0.3, 0.4) is 0 Å². The van der Waals surface area contributed by atoms with Crippen molar-refractivity contribution in [3.8, 4) is 11.3 Å². The molecule has 0 bridgehead atoms. The minimum atomic E-state index is 0.00983. The maximum Gasteiger partial charge on any atom is 0.241 e. The molecule has 1 aromatic carbocycles. The summed E-state index contributed by atoms with van der Waals surface area (Å²) in [7, 11) is 0. The number of likely N-dealkylation sites (tertiary alicyclic amines) is 1. The lowest BCUT2D eigenvalue weighted by molar-refractivity contribution is -0.120. The first-order valence-corrected chi connectivity index (χ1v) is 9.11. The normalized spacial score (nSPS) is 18.5. The summed E-state index contributed by atoms with van der Waals surface area (Å²) in [6.07, 6.45) is 2.06. The van der Waals surface area contributed by atoms with Gasteiger partial charge in [-0.15, -0.1) is 11.3 Å². The van der Waals surface area contributed by atoms with E-state index in [-0.39, 0.29) is 11.9 Å². The Balaban J connectivity index is 1.63. The summed E-state index contributed by atoms with van der Waals surface area (Å²) in [6, 6.07) is 7.93. The number of aromatic nitrogens is 1. The molecule has 1 N–H and O–H groups in total. The average Bonchev–Trinajstić information content (AvgIpc) is 3.18. The van der Waals surface area contributed by atoms with Gasteiger partial charge in [0, 0.05) is 23.2 Å². The summed E-state index contributed by atoms with van der Waals surface area (Å²) >= 11 is 1.58. The van der Waals surface area contributed by atoms with Crippen molar-refractivity contribution in [2.24, 2.45) is 5.92 Å². The van der Waals surface area contributed by atoms with Gasteiger partial charge in [0.05, 0.1) is 17.2 Å². The summed E-state index contributed by atoms with van der Waals surface area (Å²) < 4.78 is 0. The van der Waals surface area contributed by atoms with Crippen molar-refractivity contribution in [3.05, 3.63) is 35.2 Å². The van der Waals surface area contributed by atoms with E-state index in [1.165, 1.54) is 0 Å². The fraction of sp³-hybridized carbons (Fsp3) is 0.444. The van der Waals surface area contributed by atoms with E-state index in [9.17, 15) is 4.79 Å². The Kier molecular flexibility index (Phi) is 5.08. The molecule has 122 valence electrons. The number of carbonyl (C=O) groups excluding carboxylic acids is 1. The van der Waals surface area contributed by atoms with Crippen molar-refractivity contribution in [1.82, 2.24) is 9.88 Å². The van der Waals surface area contributed by atoms with E-state index in [0.29, 0.717) is 5.92 Å². The molecule has 1 unspecified atom stereocenters. The zero-order valence-electron chi connectivity index (χ0n) is 13.7. The maximum absolute atomic E-state index is 12.6. The number of nitrogens with one attached hydrogen (secondary N) is 1. The van der Waals surface area contributed by atoms with Gasteiger partial charge in [-0.1, -0.05) is 26.0 Å². The number of nitrogens with zero attached hydrogens (tertiary/aromatic N) is 2. The number of benzene rings is 1. The molecular weight excluding hydrogens is 306 g/mol. The number of anilines is 1. The van der Waals surface area contributed by atoms with Crippen molar-refractivity contribution < 1.29 is 4.79 Å². The molecule has 2 aromatic rings. The molecule has 0 spiro atoms. The van der Waals surface area contributed by atoms with Crippen molar-refractivity contribution >= 4 is 22.9 Å². The van der Waals surface area contributed by atoms with Gasteiger partial charge in [-0.2, -0.15) is 0 Å². The van der Waals surface area contributed by atoms with Crippen molar-refractivity contribution in [3.63, 3.8) is 0 Å². The SMILES string of the molecule is CC(C)CN1CCCC1C(=O)Nc1ccc(-c2cscn2)cc1. The van der Waals surface area contributed by atoms with Crippen LogP contribution >= 0.6 is 11.3 Å². The molecular formula is C18H23N3OS. The van der Waals surface area contributed by atoms with Crippen molar-refractivity contribution in [2.45, 2.75) is 32.7 Å². The largest absolute Gasteiger partial charge is 0.325 e. The quantitative estimate of drug-likeness (QED) is 0.906. The average molecular weight is 329 g/mol. The highest BCUT2D eigenvalue weighted by atomic mass is 32.1. The van der Waals surface area contributed by atoms with Crippen LogP contribution < -0.4 is 5.32 Å². The van der Waals surface area contributed by atoms with E-state index >= 15 is 0 Å². The van der Waals surface area contributed by atoms with E-state index in [1.807, 2.05) is 35.2 Å². The summed E-state index contributed by atoms with van der Waals surface area (Å²) in [5.41, 5.74) is 4.73. The molecule has 1 fully saturated rings. The minimum absolute atomic E-state index is 0.00983. The first-order valence-electron chi connectivity index (χ1n) is 8.17. The number of thiazole rings is 1. The smallest absolute Gasteiger partial charge is 0.241 e. The Hall–Kier alpha value is -1.72. The molecule has 0 saturated carbocycles. The third-order valence-electron chi connectivity index (χ3n) is 4.15. The molecule has 5 heteroatoms. The maximum atomic E-state index is 12.6. The molecule has 0 aliphatic carbocycles. The van der Waals surface area contributed by atoms with E-state index in [0.717, 1.165) is 42.9 Å². The van der Waals surface area contributed by atoms with Gasteiger partial charge in [0.2, 0.25) is 5.91 Å². The first-order chi connectivity index (χ1) is 11.1. The monoisotopic (exact) mass is 329 g/mol. The standard InChI is InChI=1S/C18H23N3OS/c1-13(2)10-21-9-3-4-17(21)18(22)20-15-7-5-14(6-8-15)16-11-23-12-19-16/h5-8,11-13,17H,3-4,9-10H2,1-2H3,(H,20,22). The lowest BCUT2D eigenvalue weighted by Gasteiger charge is -2.25. The highest BCUT2D eigenvalue weighted by Gasteiger charge is 2.30. The van der Waals surface area contributed by atoms with Gasteiger partial charge in [0.15, 0.2) is 0 Å². The van der Waals surface area contributed by atoms with Gasteiger partial charge in [-0.05, 0) is 37.4 Å². The van der Waals surface area contributed by atoms with Crippen molar-refractivity contribution in [2.75, 3.05) is 18.4 Å². The Labute approximate surface area is 141 Å². The number of carbonyl (C=O) groups is 1. The molecule has 1 amide bonds. The van der Waals surface area contributed by atoms with Crippen LogP contribution in [0.2, 0.25) is 0 Å². The second-order valence-electron chi connectivity index (χ2n) is 6.49. The molecule has 1 aliphatic heterocycles. The molecule has 1 atom stereocenters. The highest BCUT2D eigenvalue weighted by molar-refractivity contribution is 7.07. The molecule has 23 heavy (non-hydrogen) atoms. The van der Waals surface area contributed by atoms with Crippen LogP contribution in [0.4, 0.5) is 5.69 Å². The number of amides is 1. The number of hydrogen-bond acceptors (Lipinski definition) is 4. The van der Waals surface area contributed by atoms with Gasteiger partial charge in [-0.25, -0.2) is 4.98 Å². The Morgan fingerprint density at radius 3 is 2.83 bits per heavy atom. The van der Waals surface area contributed by atoms with Gasteiger partial charge in [0.25, 0.3) is 0 Å². The molecule has 3 rings (SSSR count). The van der Waals surface area contributed by atoms with Crippen LogP contribution in [0.5, 0.6) is 0 Å². The highest BCUT2D eigenvalue weighted by Crippen LogP contribution is 2.23. The fourth-order valence-electron chi connectivity index (χ4n) is 3.12. The van der Waals surface area contributed by atoms with Gasteiger partial charge in [0.1, 0.15) is 0 Å². The summed E-state index contributed by atoms with van der Waals surface area (Å²) in [6.45, 7) is 6.41. The first kappa shape index (κ1) is 16.1. The predicted molar refractivity (Wildman–Crippen MR) is 95.6 cm³/mol. The second kappa shape index (κ2) is 7.23. The van der Waals surface area contributed by atoms with E-state index in [4.69, 9.17) is 0 Å². The molecule has 1 aliphatic rings. The molecule has 1 aromatic heterocycles. The lowest BCUT2D eigenvalue weighted by Crippen LogP contribution is -2.41. The summed E-state index contributed by atoms with van der Waals surface area (Å²) in [5, 5.41) is 5.08. The van der Waals surface area contributed by atoms with Crippen molar-refractivity contribution in [1.29, 1.82) is 0 Å². The zero-order chi connectivity index (χ0) is 16.2. The van der Waals surface area contributed by atoms with Crippen LogP contribution in [0, 0.1) is 5.92 Å². The molecule has 2 heterocycles. The van der Waals surface area contributed by atoms with Crippen LogP contribution in [0.25, 0.3) is 11.3 Å². The lowest BCUT2D eigenvalue weighted by atomic mass is 10.1. The Morgan fingerprint density at radius 2 is 2.17 bits per heavy atom. The van der Waals surface area contributed by atoms with E-state index in [2.05, 4.69) is 29.0 Å². The van der Waals surface area contributed by atoms with E-state index in [1.54, 1.807) is 11.3 Å². The third-order valence-corrected chi connectivity index (χ3v) is 4.73. The van der Waals surface area contributed by atoms with E-state index < -0.39 is 0 Å². The predicted octanol–water partition coefficient (Wildman–Crippen LogP) is 3.87. The Morgan fingerprint density at radius 1 is 1.39 bits per heavy atom. The van der Waals surface area contributed by atoms with Crippen LogP contribution in [-0.2, 0) is 4.79 Å².